The largest absolute Gasteiger partial charge is 0.481 e. The summed E-state index contributed by atoms with van der Waals surface area (Å²) in [6, 6.07) is 3.56. The molecule has 1 saturated carbocycles. The number of amides is 2. The Hall–Kier alpha value is -2.90. The topological polar surface area (TPSA) is 103 Å². The van der Waals surface area contributed by atoms with E-state index >= 15 is 0 Å². The molecule has 0 aromatic carbocycles. The zero-order chi connectivity index (χ0) is 19.2. The van der Waals surface area contributed by atoms with Gasteiger partial charge in [-0.1, -0.05) is 6.08 Å². The van der Waals surface area contributed by atoms with Gasteiger partial charge in [0.25, 0.3) is 5.91 Å². The summed E-state index contributed by atoms with van der Waals surface area (Å²) in [6.45, 7) is 4.61. The Morgan fingerprint density at radius 1 is 1.41 bits per heavy atom. The molecule has 1 aliphatic carbocycles. The van der Waals surface area contributed by atoms with Gasteiger partial charge < -0.3 is 20.2 Å². The molecule has 1 aromatic rings. The van der Waals surface area contributed by atoms with Crippen LogP contribution < -0.4 is 10.2 Å². The van der Waals surface area contributed by atoms with Crippen LogP contribution in [-0.4, -0.2) is 65.0 Å². The fourth-order valence-electron chi connectivity index (χ4n) is 4.02. The Morgan fingerprint density at radius 2 is 2.19 bits per heavy atom. The van der Waals surface area contributed by atoms with Gasteiger partial charge in [0.15, 0.2) is 0 Å². The van der Waals surface area contributed by atoms with Crippen LogP contribution >= 0.6 is 0 Å². The summed E-state index contributed by atoms with van der Waals surface area (Å²) in [4.78, 5) is 44.7. The van der Waals surface area contributed by atoms with E-state index in [1.807, 2.05) is 0 Å². The molecule has 0 unspecified atom stereocenters. The van der Waals surface area contributed by atoms with Crippen LogP contribution in [-0.2, 0) is 9.59 Å². The lowest BCUT2D eigenvalue weighted by molar-refractivity contribution is -0.149. The smallest absolute Gasteiger partial charge is 0.314 e. The van der Waals surface area contributed by atoms with Crippen molar-refractivity contribution in [3.05, 3.63) is 36.5 Å². The molecule has 2 N–H and O–H groups in total. The molecule has 142 valence electrons. The van der Waals surface area contributed by atoms with Gasteiger partial charge in [-0.15, -0.1) is 6.58 Å². The normalized spacial score (nSPS) is 26.8. The predicted octanol–water partition coefficient (Wildman–Crippen LogP) is 0.509. The highest BCUT2D eigenvalue weighted by Gasteiger charge is 2.62. The molecule has 1 aromatic heterocycles. The van der Waals surface area contributed by atoms with Crippen LogP contribution in [0, 0.1) is 11.3 Å². The Balaban J connectivity index is 1.57. The number of carboxylic acids is 1. The number of fused-ring (bicyclic) bond motifs is 1. The molecule has 3 aliphatic rings. The summed E-state index contributed by atoms with van der Waals surface area (Å²) in [5.74, 6) is -1.39. The first-order valence-corrected chi connectivity index (χ1v) is 9.09. The van der Waals surface area contributed by atoms with E-state index in [0.717, 1.165) is 12.8 Å². The fraction of sp³-hybridized carbons (Fsp3) is 0.474. The molecule has 0 spiro atoms. The third-order valence-corrected chi connectivity index (χ3v) is 5.65. The molecule has 4 rings (SSSR count). The third kappa shape index (κ3) is 2.94. The molecule has 2 aliphatic heterocycles. The summed E-state index contributed by atoms with van der Waals surface area (Å²) >= 11 is 0. The molecular weight excluding hydrogens is 348 g/mol. The second kappa shape index (κ2) is 6.37. The van der Waals surface area contributed by atoms with Crippen molar-refractivity contribution in [1.29, 1.82) is 0 Å². The molecule has 2 amide bonds. The van der Waals surface area contributed by atoms with Crippen molar-refractivity contribution < 1.29 is 19.5 Å². The highest BCUT2D eigenvalue weighted by Crippen LogP contribution is 2.44. The minimum Gasteiger partial charge on any atom is -0.481 e. The number of pyridine rings is 1. The van der Waals surface area contributed by atoms with Crippen molar-refractivity contribution in [3.8, 4) is 0 Å². The number of anilines is 1. The number of aliphatic carboxylic acids is 1. The van der Waals surface area contributed by atoms with E-state index in [1.165, 1.54) is 0 Å². The van der Waals surface area contributed by atoms with Gasteiger partial charge in [-0.3, -0.25) is 14.4 Å². The van der Waals surface area contributed by atoms with Crippen molar-refractivity contribution >= 4 is 23.6 Å². The van der Waals surface area contributed by atoms with Crippen LogP contribution in [0.25, 0.3) is 0 Å². The second-order valence-electron chi connectivity index (χ2n) is 7.55. The van der Waals surface area contributed by atoms with Crippen LogP contribution in [0.3, 0.4) is 0 Å². The average Bonchev–Trinajstić information content (AvgIpc) is 3.31. The van der Waals surface area contributed by atoms with Gasteiger partial charge in [0.05, 0.1) is 5.92 Å². The van der Waals surface area contributed by atoms with Crippen LogP contribution in [0.1, 0.15) is 23.2 Å². The number of hydrogen-bond donors (Lipinski definition) is 2. The van der Waals surface area contributed by atoms with Crippen molar-refractivity contribution in [2.24, 2.45) is 11.3 Å². The minimum absolute atomic E-state index is 0.151. The van der Waals surface area contributed by atoms with Crippen LogP contribution in [0.15, 0.2) is 31.0 Å². The molecule has 0 radical (unpaired) electrons. The third-order valence-electron chi connectivity index (χ3n) is 5.65. The highest BCUT2D eigenvalue weighted by molar-refractivity contribution is 5.96. The highest BCUT2D eigenvalue weighted by atomic mass is 16.4. The maximum atomic E-state index is 12.7. The van der Waals surface area contributed by atoms with Crippen molar-refractivity contribution in [2.45, 2.75) is 18.9 Å². The van der Waals surface area contributed by atoms with E-state index in [1.54, 1.807) is 34.2 Å². The number of nitrogens with one attached hydrogen (secondary N) is 1. The van der Waals surface area contributed by atoms with Gasteiger partial charge in [0.2, 0.25) is 5.91 Å². The molecule has 27 heavy (non-hydrogen) atoms. The number of rotatable bonds is 6. The standard InChI is InChI=1S/C19H22N4O4/c1-2-7-22-10-19(18(26)27)11-23(9-14(19)17(22)25)15-8-12(5-6-20-15)16(24)21-13-3-4-13/h2,5-6,8,13-14H,1,3-4,7,9-11H2,(H,21,24)(H,26,27)/t14-,19+/m0/s1. The molecule has 2 atom stereocenters. The van der Waals surface area contributed by atoms with E-state index in [4.69, 9.17) is 0 Å². The Morgan fingerprint density at radius 3 is 2.81 bits per heavy atom. The SMILES string of the molecule is C=CCN1C[C@@]2(C(=O)O)CN(c3cc(C(=O)NC4CC4)ccn3)C[C@H]2C1=O. The van der Waals surface area contributed by atoms with Gasteiger partial charge in [-0.2, -0.15) is 0 Å². The zero-order valence-electron chi connectivity index (χ0n) is 14.9. The molecule has 2 saturated heterocycles. The summed E-state index contributed by atoms with van der Waals surface area (Å²) in [6.07, 6.45) is 5.16. The van der Waals surface area contributed by atoms with Gasteiger partial charge in [0.1, 0.15) is 11.2 Å². The predicted molar refractivity (Wildman–Crippen MR) is 97.3 cm³/mol. The van der Waals surface area contributed by atoms with Crippen LogP contribution in [0.4, 0.5) is 5.82 Å². The number of nitrogens with zero attached hydrogens (tertiary/aromatic N) is 3. The quantitative estimate of drug-likeness (QED) is 0.708. The number of aromatic nitrogens is 1. The summed E-state index contributed by atoms with van der Waals surface area (Å²) in [7, 11) is 0. The van der Waals surface area contributed by atoms with Gasteiger partial charge in [-0.05, 0) is 25.0 Å². The molecular formula is C19H22N4O4. The molecule has 3 heterocycles. The Bertz CT molecular complexity index is 822. The van der Waals surface area contributed by atoms with E-state index in [9.17, 15) is 19.5 Å². The van der Waals surface area contributed by atoms with E-state index in [2.05, 4.69) is 16.9 Å². The first-order valence-electron chi connectivity index (χ1n) is 9.09. The first-order chi connectivity index (χ1) is 12.9. The molecule has 0 bridgehead atoms. The van der Waals surface area contributed by atoms with Crippen molar-refractivity contribution in [2.75, 3.05) is 31.1 Å². The molecule has 3 fully saturated rings. The lowest BCUT2D eigenvalue weighted by Gasteiger charge is -2.25. The monoisotopic (exact) mass is 370 g/mol. The maximum Gasteiger partial charge on any atom is 0.314 e. The summed E-state index contributed by atoms with van der Waals surface area (Å²) < 4.78 is 0. The first kappa shape index (κ1) is 17.5. The van der Waals surface area contributed by atoms with Gasteiger partial charge in [0, 0.05) is 44.0 Å². The lowest BCUT2D eigenvalue weighted by atomic mass is 9.81. The van der Waals surface area contributed by atoms with E-state index in [-0.39, 0.29) is 37.5 Å². The zero-order valence-corrected chi connectivity index (χ0v) is 14.9. The fourth-order valence-corrected chi connectivity index (χ4v) is 4.02. The molecule has 8 nitrogen and oxygen atoms in total. The van der Waals surface area contributed by atoms with Gasteiger partial charge in [-0.25, -0.2) is 4.98 Å². The van der Waals surface area contributed by atoms with Crippen molar-refractivity contribution in [3.63, 3.8) is 0 Å². The van der Waals surface area contributed by atoms with Gasteiger partial charge >= 0.3 is 5.97 Å². The number of carbonyl (C=O) groups is 3. The number of carboxylic acid groups (broad SMARTS) is 1. The maximum absolute atomic E-state index is 12.7. The Labute approximate surface area is 156 Å². The second-order valence-corrected chi connectivity index (χ2v) is 7.55. The van der Waals surface area contributed by atoms with E-state index in [0.29, 0.717) is 17.9 Å². The molecule has 8 heteroatoms. The minimum atomic E-state index is -1.16. The average molecular weight is 370 g/mol. The van der Waals surface area contributed by atoms with E-state index < -0.39 is 17.3 Å². The Kier molecular flexibility index (Phi) is 4.13. The number of carbonyl (C=O) groups excluding carboxylic acids is 2. The number of hydrogen-bond acceptors (Lipinski definition) is 5. The van der Waals surface area contributed by atoms with Crippen LogP contribution in [0.5, 0.6) is 0 Å². The van der Waals surface area contributed by atoms with Crippen molar-refractivity contribution in [1.82, 2.24) is 15.2 Å². The summed E-state index contributed by atoms with van der Waals surface area (Å²) in [5, 5.41) is 12.8. The summed E-state index contributed by atoms with van der Waals surface area (Å²) in [5.41, 5.74) is -0.665. The van der Waals surface area contributed by atoms with Crippen LogP contribution in [0.2, 0.25) is 0 Å². The lowest BCUT2D eigenvalue weighted by Crippen LogP contribution is -2.41. The number of likely N-dealkylation sites (tertiary alicyclic amines) is 1.